The normalized spacial score (nSPS) is 16.2. The minimum atomic E-state index is -0.145. The number of para-hydroxylation sites is 1. The van der Waals surface area contributed by atoms with Crippen LogP contribution in [0.3, 0.4) is 0 Å². The molecule has 2 aromatic carbocycles. The van der Waals surface area contributed by atoms with E-state index in [4.69, 9.17) is 0 Å². The molecular formula is C24H31N3O2. The van der Waals surface area contributed by atoms with Gasteiger partial charge in [-0.05, 0) is 57.0 Å². The number of likely N-dealkylation sites (tertiary alicyclic amines) is 1. The highest BCUT2D eigenvalue weighted by Crippen LogP contribution is 2.22. The summed E-state index contributed by atoms with van der Waals surface area (Å²) in [4.78, 5) is 27.8. The number of nitrogens with one attached hydrogen (secondary N) is 2. The number of carbonyl (C=O) groups excluding carboxylic acids is 2. The van der Waals surface area contributed by atoms with Crippen LogP contribution in [0.15, 0.2) is 54.6 Å². The van der Waals surface area contributed by atoms with E-state index in [9.17, 15) is 9.59 Å². The Morgan fingerprint density at radius 3 is 2.38 bits per heavy atom. The summed E-state index contributed by atoms with van der Waals surface area (Å²) >= 11 is 0. The molecular weight excluding hydrogens is 362 g/mol. The molecule has 0 aliphatic carbocycles. The summed E-state index contributed by atoms with van der Waals surface area (Å²) in [6, 6.07) is 17.8. The molecule has 1 atom stereocenters. The Bertz CT molecular complexity index is 814. The molecule has 2 amide bonds. The Kier molecular flexibility index (Phi) is 7.42. The van der Waals surface area contributed by atoms with Gasteiger partial charge < -0.3 is 10.6 Å². The number of hydrogen-bond acceptors (Lipinski definition) is 3. The molecule has 0 bridgehead atoms. The molecule has 0 unspecified atom stereocenters. The van der Waals surface area contributed by atoms with Gasteiger partial charge in [-0.3, -0.25) is 14.5 Å². The standard InChI is InChI=1S/C24H31N3O2/c1-3-18(2)25-24(29)21-11-7-8-12-22(21)26-23(28)20-13-15-27(16-14-20)17-19-9-5-4-6-10-19/h4-12,18,20H,3,13-17H2,1-2H3,(H,25,29)(H,26,28)/t18-/m0/s1. The van der Waals surface area contributed by atoms with Crippen molar-refractivity contribution in [2.75, 3.05) is 18.4 Å². The maximum atomic E-state index is 12.8. The van der Waals surface area contributed by atoms with Crippen LogP contribution in [-0.4, -0.2) is 35.8 Å². The van der Waals surface area contributed by atoms with E-state index in [1.165, 1.54) is 5.56 Å². The molecule has 1 heterocycles. The number of rotatable bonds is 7. The first-order valence-corrected chi connectivity index (χ1v) is 10.5. The second kappa shape index (κ2) is 10.2. The lowest BCUT2D eigenvalue weighted by atomic mass is 9.95. The van der Waals surface area contributed by atoms with Crippen molar-refractivity contribution in [1.29, 1.82) is 0 Å². The van der Waals surface area contributed by atoms with Gasteiger partial charge in [0.25, 0.3) is 5.91 Å². The lowest BCUT2D eigenvalue weighted by Gasteiger charge is -2.31. The number of nitrogens with zero attached hydrogens (tertiary/aromatic N) is 1. The molecule has 0 spiro atoms. The van der Waals surface area contributed by atoms with Gasteiger partial charge in [-0.25, -0.2) is 0 Å². The molecule has 1 aliphatic heterocycles. The Hall–Kier alpha value is -2.66. The van der Waals surface area contributed by atoms with Gasteiger partial charge in [0.1, 0.15) is 0 Å². The van der Waals surface area contributed by atoms with Crippen molar-refractivity contribution in [3.63, 3.8) is 0 Å². The third kappa shape index (κ3) is 5.91. The molecule has 1 saturated heterocycles. The number of anilines is 1. The SMILES string of the molecule is CC[C@H](C)NC(=O)c1ccccc1NC(=O)C1CCN(Cc2ccccc2)CC1. The van der Waals surface area contributed by atoms with Crippen LogP contribution >= 0.6 is 0 Å². The first kappa shape index (κ1) is 21.1. The van der Waals surface area contributed by atoms with Crippen molar-refractivity contribution in [3.8, 4) is 0 Å². The number of piperidine rings is 1. The van der Waals surface area contributed by atoms with Crippen LogP contribution in [0.25, 0.3) is 0 Å². The second-order valence-electron chi connectivity index (χ2n) is 7.85. The molecule has 1 aliphatic rings. The smallest absolute Gasteiger partial charge is 0.253 e. The van der Waals surface area contributed by atoms with Crippen molar-refractivity contribution in [3.05, 3.63) is 65.7 Å². The molecule has 1 fully saturated rings. The Balaban J connectivity index is 1.55. The zero-order valence-electron chi connectivity index (χ0n) is 17.4. The number of benzene rings is 2. The van der Waals surface area contributed by atoms with E-state index in [1.807, 2.05) is 32.0 Å². The highest BCUT2D eigenvalue weighted by atomic mass is 16.2. The molecule has 0 aromatic heterocycles. The van der Waals surface area contributed by atoms with Crippen molar-refractivity contribution in [1.82, 2.24) is 10.2 Å². The van der Waals surface area contributed by atoms with E-state index in [0.717, 1.165) is 38.9 Å². The zero-order valence-corrected chi connectivity index (χ0v) is 17.4. The van der Waals surface area contributed by atoms with Crippen LogP contribution in [0.4, 0.5) is 5.69 Å². The van der Waals surface area contributed by atoms with Crippen LogP contribution in [0.5, 0.6) is 0 Å². The summed E-state index contributed by atoms with van der Waals surface area (Å²) in [6.07, 6.45) is 2.53. The minimum Gasteiger partial charge on any atom is -0.350 e. The zero-order chi connectivity index (χ0) is 20.6. The topological polar surface area (TPSA) is 61.4 Å². The monoisotopic (exact) mass is 393 g/mol. The molecule has 154 valence electrons. The van der Waals surface area contributed by atoms with Crippen LogP contribution < -0.4 is 10.6 Å². The van der Waals surface area contributed by atoms with Gasteiger partial charge in [-0.2, -0.15) is 0 Å². The van der Waals surface area contributed by atoms with Crippen molar-refractivity contribution >= 4 is 17.5 Å². The predicted octanol–water partition coefficient (Wildman–Crippen LogP) is 4.07. The number of amides is 2. The summed E-state index contributed by atoms with van der Waals surface area (Å²) in [7, 11) is 0. The first-order chi connectivity index (χ1) is 14.1. The molecule has 5 nitrogen and oxygen atoms in total. The van der Waals surface area contributed by atoms with Crippen LogP contribution in [-0.2, 0) is 11.3 Å². The lowest BCUT2D eigenvalue weighted by molar-refractivity contribution is -0.121. The maximum absolute atomic E-state index is 12.8. The molecule has 2 N–H and O–H groups in total. The third-order valence-corrected chi connectivity index (χ3v) is 5.63. The second-order valence-corrected chi connectivity index (χ2v) is 7.85. The fraction of sp³-hybridized carbons (Fsp3) is 0.417. The van der Waals surface area contributed by atoms with E-state index in [-0.39, 0.29) is 23.8 Å². The molecule has 5 heteroatoms. The van der Waals surface area contributed by atoms with E-state index in [0.29, 0.717) is 11.3 Å². The Morgan fingerprint density at radius 2 is 1.69 bits per heavy atom. The van der Waals surface area contributed by atoms with Gasteiger partial charge in [0.05, 0.1) is 11.3 Å². The molecule has 2 aromatic rings. The van der Waals surface area contributed by atoms with Crippen LogP contribution in [0.2, 0.25) is 0 Å². The van der Waals surface area contributed by atoms with Gasteiger partial charge in [-0.15, -0.1) is 0 Å². The Labute approximate surface area is 173 Å². The molecule has 0 saturated carbocycles. The summed E-state index contributed by atoms with van der Waals surface area (Å²) in [5, 5.41) is 5.97. The number of hydrogen-bond donors (Lipinski definition) is 2. The van der Waals surface area contributed by atoms with E-state index in [2.05, 4.69) is 39.8 Å². The Morgan fingerprint density at radius 1 is 1.03 bits per heavy atom. The molecule has 3 rings (SSSR count). The summed E-state index contributed by atoms with van der Waals surface area (Å²) in [5.41, 5.74) is 2.41. The first-order valence-electron chi connectivity index (χ1n) is 10.5. The quantitative estimate of drug-likeness (QED) is 0.746. The fourth-order valence-corrected chi connectivity index (χ4v) is 3.62. The summed E-state index contributed by atoms with van der Waals surface area (Å²) < 4.78 is 0. The highest BCUT2D eigenvalue weighted by molar-refractivity contribution is 6.04. The van der Waals surface area contributed by atoms with Crippen molar-refractivity contribution < 1.29 is 9.59 Å². The summed E-state index contributed by atoms with van der Waals surface area (Å²) in [5.74, 6) is -0.159. The average molecular weight is 394 g/mol. The largest absolute Gasteiger partial charge is 0.350 e. The van der Waals surface area contributed by atoms with E-state index in [1.54, 1.807) is 12.1 Å². The summed E-state index contributed by atoms with van der Waals surface area (Å²) in [6.45, 7) is 6.74. The lowest BCUT2D eigenvalue weighted by Crippen LogP contribution is -2.38. The van der Waals surface area contributed by atoms with Crippen LogP contribution in [0.1, 0.15) is 49.0 Å². The van der Waals surface area contributed by atoms with Crippen LogP contribution in [0, 0.1) is 5.92 Å². The fourth-order valence-electron chi connectivity index (χ4n) is 3.62. The van der Waals surface area contributed by atoms with Crippen molar-refractivity contribution in [2.24, 2.45) is 5.92 Å². The molecule has 29 heavy (non-hydrogen) atoms. The molecule has 0 radical (unpaired) electrons. The predicted molar refractivity (Wildman–Crippen MR) is 117 cm³/mol. The van der Waals surface area contributed by atoms with Gasteiger partial charge in [0, 0.05) is 18.5 Å². The van der Waals surface area contributed by atoms with Gasteiger partial charge in [-0.1, -0.05) is 49.4 Å². The third-order valence-electron chi connectivity index (χ3n) is 5.63. The van der Waals surface area contributed by atoms with Gasteiger partial charge in [0.2, 0.25) is 5.91 Å². The van der Waals surface area contributed by atoms with Crippen molar-refractivity contribution in [2.45, 2.75) is 45.7 Å². The van der Waals surface area contributed by atoms with E-state index < -0.39 is 0 Å². The van der Waals surface area contributed by atoms with Gasteiger partial charge >= 0.3 is 0 Å². The minimum absolute atomic E-state index is 0.00755. The van der Waals surface area contributed by atoms with E-state index >= 15 is 0 Å². The average Bonchev–Trinajstić information content (AvgIpc) is 2.75. The van der Waals surface area contributed by atoms with Gasteiger partial charge in [0.15, 0.2) is 0 Å². The highest BCUT2D eigenvalue weighted by Gasteiger charge is 2.26. The maximum Gasteiger partial charge on any atom is 0.253 e. The number of carbonyl (C=O) groups is 2.